The zero-order valence-corrected chi connectivity index (χ0v) is 11.4. The van der Waals surface area contributed by atoms with Crippen LogP contribution >= 0.6 is 0 Å². The Hall–Kier alpha value is -1.59. The van der Waals surface area contributed by atoms with Crippen LogP contribution in [0.25, 0.3) is 0 Å². The third-order valence-corrected chi connectivity index (χ3v) is 4.00. The number of aryl methyl sites for hydroxylation is 1. The summed E-state index contributed by atoms with van der Waals surface area (Å²) in [7, 11) is 0. The van der Waals surface area contributed by atoms with E-state index in [1.807, 2.05) is 0 Å². The molecule has 1 saturated heterocycles. The minimum atomic E-state index is 0.551. The first kappa shape index (κ1) is 12.4. The maximum absolute atomic E-state index is 6.06. The van der Waals surface area contributed by atoms with Crippen molar-refractivity contribution in [3.8, 4) is 0 Å². The monoisotopic (exact) mass is 262 g/mol. The minimum Gasteiger partial charge on any atom is -0.370 e. The molecule has 0 radical (unpaired) electrons. The van der Waals surface area contributed by atoms with Crippen LogP contribution in [0.4, 0.5) is 0 Å². The van der Waals surface area contributed by atoms with E-state index in [1.165, 1.54) is 32.1 Å². The van der Waals surface area contributed by atoms with Crippen LogP contribution in [0.3, 0.4) is 0 Å². The molecule has 1 fully saturated rings. The van der Waals surface area contributed by atoms with Gasteiger partial charge in [0.2, 0.25) is 0 Å². The van der Waals surface area contributed by atoms with Gasteiger partial charge >= 0.3 is 0 Å². The second-order valence-corrected chi connectivity index (χ2v) is 5.36. The zero-order valence-electron chi connectivity index (χ0n) is 11.4. The molecule has 2 N–H and O–H groups in total. The van der Waals surface area contributed by atoms with Crippen molar-refractivity contribution in [2.45, 2.75) is 51.6 Å². The highest BCUT2D eigenvalue weighted by molar-refractivity contribution is 5.78. The lowest BCUT2D eigenvalue weighted by atomic mass is 10.1. The summed E-state index contributed by atoms with van der Waals surface area (Å²) in [5.41, 5.74) is 6.06. The largest absolute Gasteiger partial charge is 0.370 e. The number of fused-ring (bicyclic) bond motifs is 1. The molecule has 0 saturated carbocycles. The minimum absolute atomic E-state index is 0.551. The van der Waals surface area contributed by atoms with Gasteiger partial charge in [0.15, 0.2) is 11.8 Å². The van der Waals surface area contributed by atoms with Crippen molar-refractivity contribution in [2.24, 2.45) is 10.7 Å². The van der Waals surface area contributed by atoms with Crippen LogP contribution in [0, 0.1) is 0 Å². The smallest absolute Gasteiger partial charge is 0.191 e. The number of guanidine groups is 1. The molecule has 1 aromatic rings. The van der Waals surface area contributed by atoms with E-state index in [9.17, 15) is 0 Å². The first-order valence-electron chi connectivity index (χ1n) is 7.30. The Morgan fingerprint density at radius 2 is 1.84 bits per heavy atom. The number of aromatic nitrogens is 3. The number of hydrogen-bond donors (Lipinski definition) is 1. The molecule has 2 aliphatic heterocycles. The number of rotatable bonds is 2. The number of hydrogen-bond acceptors (Lipinski definition) is 3. The van der Waals surface area contributed by atoms with Crippen molar-refractivity contribution in [2.75, 3.05) is 13.1 Å². The fraction of sp³-hybridized carbons (Fsp3) is 0.769. The molecular weight excluding hydrogens is 240 g/mol. The van der Waals surface area contributed by atoms with Gasteiger partial charge in [0.1, 0.15) is 12.4 Å². The van der Waals surface area contributed by atoms with E-state index < -0.39 is 0 Å². The molecule has 104 valence electrons. The van der Waals surface area contributed by atoms with Crippen LogP contribution < -0.4 is 5.73 Å². The average Bonchev–Trinajstić information content (AvgIpc) is 2.89. The molecule has 0 amide bonds. The molecule has 2 aliphatic rings. The van der Waals surface area contributed by atoms with E-state index in [4.69, 9.17) is 5.73 Å². The number of aliphatic imine (C=N–C) groups is 1. The highest BCUT2D eigenvalue weighted by Gasteiger charge is 2.16. The number of nitrogens with two attached hydrogens (primary N) is 1. The van der Waals surface area contributed by atoms with E-state index >= 15 is 0 Å². The molecule has 3 rings (SSSR count). The summed E-state index contributed by atoms with van der Waals surface area (Å²) in [5, 5.41) is 8.48. The summed E-state index contributed by atoms with van der Waals surface area (Å²) in [4.78, 5) is 6.67. The summed E-state index contributed by atoms with van der Waals surface area (Å²) in [6.07, 6.45) is 7.22. The molecule has 0 unspecified atom stereocenters. The maximum atomic E-state index is 6.06. The van der Waals surface area contributed by atoms with Gasteiger partial charge in [-0.1, -0.05) is 0 Å². The summed E-state index contributed by atoms with van der Waals surface area (Å²) in [6, 6.07) is 0. The quantitative estimate of drug-likeness (QED) is 0.635. The standard InChI is InChI=1S/C13H22N6/c14-13(18-7-3-1-4-8-18)15-10-12-17-16-11-6-2-5-9-19(11)12/h1-10H2,(H2,14,15). The molecule has 0 aliphatic carbocycles. The van der Waals surface area contributed by atoms with Crippen molar-refractivity contribution in [3.63, 3.8) is 0 Å². The van der Waals surface area contributed by atoms with E-state index in [1.54, 1.807) is 0 Å². The van der Waals surface area contributed by atoms with Crippen LogP contribution in [0.1, 0.15) is 43.8 Å². The maximum Gasteiger partial charge on any atom is 0.191 e. The number of piperidine rings is 1. The molecule has 3 heterocycles. The normalized spacial score (nSPS) is 20.4. The summed E-state index contributed by atoms with van der Waals surface area (Å²) >= 11 is 0. The van der Waals surface area contributed by atoms with Gasteiger partial charge in [0, 0.05) is 26.1 Å². The van der Waals surface area contributed by atoms with Gasteiger partial charge in [0.05, 0.1) is 0 Å². The van der Waals surface area contributed by atoms with E-state index in [0.717, 1.165) is 37.7 Å². The predicted molar refractivity (Wildman–Crippen MR) is 73.7 cm³/mol. The van der Waals surface area contributed by atoms with Crippen LogP contribution in [0.5, 0.6) is 0 Å². The molecular formula is C13H22N6. The van der Waals surface area contributed by atoms with E-state index in [0.29, 0.717) is 12.5 Å². The van der Waals surface area contributed by atoms with Crippen LogP contribution in [-0.2, 0) is 19.5 Å². The Morgan fingerprint density at radius 3 is 2.68 bits per heavy atom. The third kappa shape index (κ3) is 2.72. The Labute approximate surface area is 113 Å². The van der Waals surface area contributed by atoms with E-state index in [2.05, 4.69) is 24.7 Å². The highest BCUT2D eigenvalue weighted by Crippen LogP contribution is 2.15. The Bertz CT molecular complexity index is 458. The van der Waals surface area contributed by atoms with Crippen LogP contribution in [0.15, 0.2) is 4.99 Å². The van der Waals surface area contributed by atoms with Crippen molar-refractivity contribution < 1.29 is 0 Å². The lowest BCUT2D eigenvalue weighted by Gasteiger charge is -2.27. The van der Waals surface area contributed by atoms with Gasteiger partial charge < -0.3 is 15.2 Å². The van der Waals surface area contributed by atoms with Gasteiger partial charge in [-0.05, 0) is 32.1 Å². The topological polar surface area (TPSA) is 72.3 Å². The second-order valence-electron chi connectivity index (χ2n) is 5.36. The van der Waals surface area contributed by atoms with Crippen molar-refractivity contribution in [3.05, 3.63) is 11.6 Å². The van der Waals surface area contributed by atoms with E-state index in [-0.39, 0.29) is 0 Å². The predicted octanol–water partition coefficient (Wildman–Crippen LogP) is 0.915. The molecule has 0 aromatic carbocycles. The molecule has 1 aromatic heterocycles. The lowest BCUT2D eigenvalue weighted by molar-refractivity contribution is 0.338. The summed E-state index contributed by atoms with van der Waals surface area (Å²) < 4.78 is 2.20. The molecule has 0 atom stereocenters. The Kier molecular flexibility index (Phi) is 3.66. The van der Waals surface area contributed by atoms with Gasteiger partial charge in [-0.15, -0.1) is 10.2 Å². The third-order valence-electron chi connectivity index (χ3n) is 4.00. The number of likely N-dealkylation sites (tertiary alicyclic amines) is 1. The number of nitrogens with zero attached hydrogens (tertiary/aromatic N) is 5. The van der Waals surface area contributed by atoms with Gasteiger partial charge in [-0.25, -0.2) is 4.99 Å². The average molecular weight is 262 g/mol. The van der Waals surface area contributed by atoms with Crippen molar-refractivity contribution in [1.82, 2.24) is 19.7 Å². The summed E-state index contributed by atoms with van der Waals surface area (Å²) in [5.74, 6) is 2.72. The molecule has 6 nitrogen and oxygen atoms in total. The second kappa shape index (κ2) is 5.59. The van der Waals surface area contributed by atoms with Gasteiger partial charge in [-0.3, -0.25) is 0 Å². The lowest BCUT2D eigenvalue weighted by Crippen LogP contribution is -2.40. The first-order chi connectivity index (χ1) is 9.34. The van der Waals surface area contributed by atoms with Crippen molar-refractivity contribution >= 4 is 5.96 Å². The first-order valence-corrected chi connectivity index (χ1v) is 7.30. The van der Waals surface area contributed by atoms with Gasteiger partial charge in [0.25, 0.3) is 0 Å². The molecule has 6 heteroatoms. The van der Waals surface area contributed by atoms with Crippen molar-refractivity contribution in [1.29, 1.82) is 0 Å². The molecule has 0 spiro atoms. The Morgan fingerprint density at radius 1 is 1.05 bits per heavy atom. The van der Waals surface area contributed by atoms with Crippen LogP contribution in [0.2, 0.25) is 0 Å². The van der Waals surface area contributed by atoms with Gasteiger partial charge in [-0.2, -0.15) is 0 Å². The fourth-order valence-corrected chi connectivity index (χ4v) is 2.86. The highest BCUT2D eigenvalue weighted by atomic mass is 15.3. The van der Waals surface area contributed by atoms with Crippen LogP contribution in [-0.4, -0.2) is 38.7 Å². The fourth-order valence-electron chi connectivity index (χ4n) is 2.86. The molecule has 19 heavy (non-hydrogen) atoms. The molecule has 0 bridgehead atoms. The SMILES string of the molecule is NC(=NCc1nnc2n1CCCC2)N1CCCCC1. The zero-order chi connectivity index (χ0) is 13.1. The Balaban J connectivity index is 1.66. The summed E-state index contributed by atoms with van der Waals surface area (Å²) in [6.45, 7) is 3.65.